The SMILES string of the molecule is COc1ncccc1C(N)c1cccc(Cl)c1. The first-order valence-electron chi connectivity index (χ1n) is 5.22. The number of ether oxygens (including phenoxy) is 1. The molecule has 17 heavy (non-hydrogen) atoms. The molecule has 1 atom stereocenters. The summed E-state index contributed by atoms with van der Waals surface area (Å²) in [5.41, 5.74) is 7.96. The molecule has 0 radical (unpaired) electrons. The van der Waals surface area contributed by atoms with Gasteiger partial charge in [0.25, 0.3) is 0 Å². The molecule has 0 aliphatic heterocycles. The number of halogens is 1. The monoisotopic (exact) mass is 248 g/mol. The Morgan fingerprint density at radius 3 is 2.82 bits per heavy atom. The van der Waals surface area contributed by atoms with Crippen LogP contribution < -0.4 is 10.5 Å². The highest BCUT2D eigenvalue weighted by Gasteiger charge is 2.14. The second-order valence-electron chi connectivity index (χ2n) is 3.63. The maximum absolute atomic E-state index is 6.18. The van der Waals surface area contributed by atoms with Crippen molar-refractivity contribution >= 4 is 11.6 Å². The fourth-order valence-corrected chi connectivity index (χ4v) is 1.89. The number of aromatic nitrogens is 1. The predicted molar refractivity (Wildman–Crippen MR) is 68.3 cm³/mol. The fraction of sp³-hybridized carbons (Fsp3) is 0.154. The lowest BCUT2D eigenvalue weighted by Gasteiger charge is -2.15. The third-order valence-corrected chi connectivity index (χ3v) is 2.77. The van der Waals surface area contributed by atoms with Gasteiger partial charge in [0.2, 0.25) is 5.88 Å². The molecule has 4 heteroatoms. The van der Waals surface area contributed by atoms with Crippen molar-refractivity contribution in [2.24, 2.45) is 5.73 Å². The average molecular weight is 249 g/mol. The summed E-state index contributed by atoms with van der Waals surface area (Å²) in [6.45, 7) is 0. The molecule has 0 fully saturated rings. The molecule has 1 heterocycles. The zero-order chi connectivity index (χ0) is 12.3. The van der Waals surface area contributed by atoms with Gasteiger partial charge in [0.05, 0.1) is 13.2 Å². The first-order chi connectivity index (χ1) is 8.22. The van der Waals surface area contributed by atoms with E-state index in [1.54, 1.807) is 13.3 Å². The summed E-state index contributed by atoms with van der Waals surface area (Å²) in [6, 6.07) is 10.9. The van der Waals surface area contributed by atoms with E-state index in [1.165, 1.54) is 0 Å². The van der Waals surface area contributed by atoms with Gasteiger partial charge in [-0.2, -0.15) is 0 Å². The molecule has 1 unspecified atom stereocenters. The van der Waals surface area contributed by atoms with Crippen LogP contribution in [0.1, 0.15) is 17.2 Å². The Morgan fingerprint density at radius 2 is 2.12 bits per heavy atom. The number of methoxy groups -OCH3 is 1. The Morgan fingerprint density at radius 1 is 1.29 bits per heavy atom. The van der Waals surface area contributed by atoms with Crippen LogP contribution in [0.25, 0.3) is 0 Å². The second kappa shape index (κ2) is 5.17. The Balaban J connectivity index is 2.40. The van der Waals surface area contributed by atoms with Crippen molar-refractivity contribution in [3.8, 4) is 5.88 Å². The first-order valence-corrected chi connectivity index (χ1v) is 5.60. The molecule has 1 aromatic carbocycles. The van der Waals surface area contributed by atoms with Crippen molar-refractivity contribution in [1.29, 1.82) is 0 Å². The molecule has 2 rings (SSSR count). The van der Waals surface area contributed by atoms with Crippen LogP contribution >= 0.6 is 11.6 Å². The molecule has 0 aliphatic rings. The second-order valence-corrected chi connectivity index (χ2v) is 4.07. The van der Waals surface area contributed by atoms with Crippen molar-refractivity contribution in [2.45, 2.75) is 6.04 Å². The minimum absolute atomic E-state index is 0.294. The Hall–Kier alpha value is -1.58. The lowest BCUT2D eigenvalue weighted by atomic mass is 10.0. The summed E-state index contributed by atoms with van der Waals surface area (Å²) >= 11 is 5.95. The normalized spacial score (nSPS) is 12.2. The third kappa shape index (κ3) is 2.57. The van der Waals surface area contributed by atoms with Gasteiger partial charge < -0.3 is 10.5 Å². The number of hydrogen-bond acceptors (Lipinski definition) is 3. The smallest absolute Gasteiger partial charge is 0.218 e. The number of nitrogens with zero attached hydrogens (tertiary/aromatic N) is 1. The molecule has 88 valence electrons. The van der Waals surface area contributed by atoms with Crippen molar-refractivity contribution < 1.29 is 4.74 Å². The number of nitrogens with two attached hydrogens (primary N) is 1. The van der Waals surface area contributed by atoms with Crippen LogP contribution in [0.2, 0.25) is 5.02 Å². The summed E-state index contributed by atoms with van der Waals surface area (Å²) in [5, 5.41) is 0.667. The van der Waals surface area contributed by atoms with E-state index in [0.717, 1.165) is 11.1 Å². The number of pyridine rings is 1. The lowest BCUT2D eigenvalue weighted by Crippen LogP contribution is -2.13. The lowest BCUT2D eigenvalue weighted by molar-refractivity contribution is 0.390. The van der Waals surface area contributed by atoms with Crippen LogP contribution in [-0.4, -0.2) is 12.1 Å². The minimum atomic E-state index is -0.294. The molecule has 1 aromatic heterocycles. The van der Waals surface area contributed by atoms with E-state index in [2.05, 4.69) is 4.98 Å². The van der Waals surface area contributed by atoms with Gasteiger partial charge in [-0.1, -0.05) is 29.8 Å². The fourth-order valence-electron chi connectivity index (χ4n) is 1.69. The van der Waals surface area contributed by atoms with Gasteiger partial charge in [0.1, 0.15) is 0 Å². The van der Waals surface area contributed by atoms with E-state index in [-0.39, 0.29) is 6.04 Å². The highest BCUT2D eigenvalue weighted by molar-refractivity contribution is 6.30. The van der Waals surface area contributed by atoms with Crippen LogP contribution in [0.5, 0.6) is 5.88 Å². The third-order valence-electron chi connectivity index (χ3n) is 2.54. The molecular formula is C13H13ClN2O. The van der Waals surface area contributed by atoms with Crippen LogP contribution in [0.3, 0.4) is 0 Å². The zero-order valence-corrected chi connectivity index (χ0v) is 10.2. The van der Waals surface area contributed by atoms with E-state index in [9.17, 15) is 0 Å². The van der Waals surface area contributed by atoms with E-state index >= 15 is 0 Å². The van der Waals surface area contributed by atoms with Gasteiger partial charge in [0, 0.05) is 16.8 Å². The Labute approximate surface area is 105 Å². The number of rotatable bonds is 3. The number of hydrogen-bond donors (Lipinski definition) is 1. The molecule has 0 spiro atoms. The molecule has 3 nitrogen and oxygen atoms in total. The van der Waals surface area contributed by atoms with Crippen molar-refractivity contribution in [2.75, 3.05) is 7.11 Å². The molecule has 0 saturated carbocycles. The van der Waals surface area contributed by atoms with E-state index in [4.69, 9.17) is 22.1 Å². The summed E-state index contributed by atoms with van der Waals surface area (Å²) in [5.74, 6) is 0.542. The first kappa shape index (κ1) is 11.9. The van der Waals surface area contributed by atoms with Crippen LogP contribution in [0.4, 0.5) is 0 Å². The summed E-state index contributed by atoms with van der Waals surface area (Å²) in [6.07, 6.45) is 1.67. The van der Waals surface area contributed by atoms with Crippen LogP contribution in [-0.2, 0) is 0 Å². The summed E-state index contributed by atoms with van der Waals surface area (Å²) in [4.78, 5) is 4.13. The van der Waals surface area contributed by atoms with Gasteiger partial charge in [0.15, 0.2) is 0 Å². The standard InChI is InChI=1S/C13H13ClN2O/c1-17-13-11(6-3-7-16-13)12(15)9-4-2-5-10(14)8-9/h2-8,12H,15H2,1H3. The Kier molecular flexibility index (Phi) is 3.61. The highest BCUT2D eigenvalue weighted by Crippen LogP contribution is 2.27. The van der Waals surface area contributed by atoms with E-state index in [0.29, 0.717) is 10.9 Å². The molecule has 2 aromatic rings. The van der Waals surface area contributed by atoms with Gasteiger partial charge in [-0.05, 0) is 23.8 Å². The average Bonchev–Trinajstić information content (AvgIpc) is 2.38. The van der Waals surface area contributed by atoms with Gasteiger partial charge in [-0.15, -0.1) is 0 Å². The van der Waals surface area contributed by atoms with Crippen molar-refractivity contribution in [3.05, 3.63) is 58.7 Å². The zero-order valence-electron chi connectivity index (χ0n) is 9.43. The van der Waals surface area contributed by atoms with E-state index < -0.39 is 0 Å². The topological polar surface area (TPSA) is 48.1 Å². The van der Waals surface area contributed by atoms with Gasteiger partial charge in [-0.25, -0.2) is 4.98 Å². The van der Waals surface area contributed by atoms with Crippen molar-refractivity contribution in [3.63, 3.8) is 0 Å². The molecule has 0 aliphatic carbocycles. The van der Waals surface area contributed by atoms with E-state index in [1.807, 2.05) is 36.4 Å². The number of benzene rings is 1. The molecule has 0 bridgehead atoms. The maximum atomic E-state index is 6.18. The van der Waals surface area contributed by atoms with Gasteiger partial charge >= 0.3 is 0 Å². The van der Waals surface area contributed by atoms with Gasteiger partial charge in [-0.3, -0.25) is 0 Å². The van der Waals surface area contributed by atoms with Crippen LogP contribution in [0.15, 0.2) is 42.6 Å². The molecule has 2 N–H and O–H groups in total. The highest BCUT2D eigenvalue weighted by atomic mass is 35.5. The summed E-state index contributed by atoms with van der Waals surface area (Å²) in [7, 11) is 1.58. The molecule has 0 saturated heterocycles. The molecule has 0 amide bonds. The minimum Gasteiger partial charge on any atom is -0.481 e. The molecular weight excluding hydrogens is 236 g/mol. The largest absolute Gasteiger partial charge is 0.481 e. The van der Waals surface area contributed by atoms with Crippen molar-refractivity contribution in [1.82, 2.24) is 4.98 Å². The predicted octanol–water partition coefficient (Wildman–Crippen LogP) is 2.79. The quantitative estimate of drug-likeness (QED) is 0.909. The van der Waals surface area contributed by atoms with Crippen LogP contribution in [0, 0.1) is 0 Å². The maximum Gasteiger partial charge on any atom is 0.218 e. The Bertz CT molecular complexity index is 516. The summed E-state index contributed by atoms with van der Waals surface area (Å²) < 4.78 is 5.19.